The number of aliphatic hydroxyl groups excluding tert-OH is 1. The van der Waals surface area contributed by atoms with E-state index in [-0.39, 0.29) is 5.75 Å². The van der Waals surface area contributed by atoms with Crippen LogP contribution in [-0.4, -0.2) is 47.9 Å². The summed E-state index contributed by atoms with van der Waals surface area (Å²) in [5.41, 5.74) is 1.68. The second kappa shape index (κ2) is 5.86. The number of rotatable bonds is 3. The summed E-state index contributed by atoms with van der Waals surface area (Å²) < 4.78 is 32.2. The molecule has 0 aromatic heterocycles. The first-order valence-electron chi connectivity index (χ1n) is 9.12. The molecule has 1 aliphatic carbocycles. The van der Waals surface area contributed by atoms with E-state index in [1.807, 2.05) is 6.20 Å². The Balaban J connectivity index is 1.82. The molecule has 3 atom stereocenters. The standard InChI is InChI=1S/C18H26N2O4S/c1-3-25(22,23)19(2)17-15(21)18-10-6-4-8-13(18)12-20-11-7-5-9-14(20)16(18)24-17/h7,11-12,15,17,21H,3-6,8-10H2,1-2H3/t15?,17-,18?/m1/s1. The highest BCUT2D eigenvalue weighted by atomic mass is 32.2. The first kappa shape index (κ1) is 17.1. The van der Waals surface area contributed by atoms with Gasteiger partial charge in [-0.15, -0.1) is 0 Å². The normalized spacial score (nSPS) is 34.4. The summed E-state index contributed by atoms with van der Waals surface area (Å²) in [4.78, 5) is 2.10. The first-order valence-corrected chi connectivity index (χ1v) is 10.7. The molecule has 2 unspecified atom stereocenters. The molecule has 0 amide bonds. The first-order chi connectivity index (χ1) is 11.9. The minimum absolute atomic E-state index is 0.00740. The molecule has 3 aliphatic heterocycles. The van der Waals surface area contributed by atoms with Gasteiger partial charge in [-0.05, 0) is 44.6 Å². The summed E-state index contributed by atoms with van der Waals surface area (Å²) in [6.07, 6.45) is 10.2. The lowest BCUT2D eigenvalue weighted by atomic mass is 9.64. The Hall–Kier alpha value is -1.31. The van der Waals surface area contributed by atoms with Crippen LogP contribution in [0.2, 0.25) is 0 Å². The third-order valence-electron chi connectivity index (χ3n) is 6.10. The van der Waals surface area contributed by atoms with E-state index in [0.29, 0.717) is 0 Å². The maximum atomic E-state index is 12.4. The molecule has 0 aromatic rings. The predicted molar refractivity (Wildman–Crippen MR) is 94.3 cm³/mol. The molecule has 1 spiro atoms. The number of fused-ring (bicyclic) bond motifs is 1. The lowest BCUT2D eigenvalue weighted by molar-refractivity contribution is -0.0222. The zero-order chi connectivity index (χ0) is 17.8. The van der Waals surface area contributed by atoms with Crippen molar-refractivity contribution in [1.29, 1.82) is 0 Å². The van der Waals surface area contributed by atoms with Crippen molar-refractivity contribution in [3.8, 4) is 0 Å². The second-order valence-electron chi connectivity index (χ2n) is 7.31. The van der Waals surface area contributed by atoms with Gasteiger partial charge in [0, 0.05) is 19.4 Å². The second-order valence-corrected chi connectivity index (χ2v) is 9.63. The van der Waals surface area contributed by atoms with Crippen molar-refractivity contribution < 1.29 is 18.3 Å². The fourth-order valence-electron chi connectivity index (χ4n) is 4.66. The number of nitrogens with zero attached hydrogens (tertiary/aromatic N) is 2. The van der Waals surface area contributed by atoms with Crippen molar-refractivity contribution in [1.82, 2.24) is 9.21 Å². The fourth-order valence-corrected chi connectivity index (χ4v) is 5.54. The molecule has 0 aromatic carbocycles. The van der Waals surface area contributed by atoms with Gasteiger partial charge in [-0.25, -0.2) is 8.42 Å². The molecule has 0 radical (unpaired) electrons. The zero-order valence-electron chi connectivity index (χ0n) is 14.8. The molecule has 2 fully saturated rings. The highest BCUT2D eigenvalue weighted by molar-refractivity contribution is 7.89. The average molecular weight is 366 g/mol. The van der Waals surface area contributed by atoms with Crippen LogP contribution in [0.15, 0.2) is 35.5 Å². The van der Waals surface area contributed by atoms with Crippen LogP contribution in [0.5, 0.6) is 0 Å². The fraction of sp³-hybridized carbons (Fsp3) is 0.667. The van der Waals surface area contributed by atoms with Gasteiger partial charge in [0.25, 0.3) is 0 Å². The summed E-state index contributed by atoms with van der Waals surface area (Å²) in [7, 11) is -1.94. The summed E-state index contributed by atoms with van der Waals surface area (Å²) in [5, 5.41) is 11.2. The maximum Gasteiger partial charge on any atom is 0.216 e. The molecule has 25 heavy (non-hydrogen) atoms. The molecule has 1 saturated heterocycles. The van der Waals surface area contributed by atoms with Crippen molar-refractivity contribution in [2.45, 2.75) is 57.8 Å². The third-order valence-corrected chi connectivity index (χ3v) is 7.92. The summed E-state index contributed by atoms with van der Waals surface area (Å²) in [5.74, 6) is 0.789. The van der Waals surface area contributed by atoms with E-state index >= 15 is 0 Å². The van der Waals surface area contributed by atoms with Crippen LogP contribution in [0.3, 0.4) is 0 Å². The van der Waals surface area contributed by atoms with Crippen LogP contribution in [0.4, 0.5) is 0 Å². The van der Waals surface area contributed by atoms with E-state index in [2.05, 4.69) is 17.2 Å². The van der Waals surface area contributed by atoms with E-state index in [9.17, 15) is 13.5 Å². The van der Waals surface area contributed by atoms with Gasteiger partial charge < -0.3 is 14.7 Å². The van der Waals surface area contributed by atoms with E-state index in [1.54, 1.807) is 6.92 Å². The van der Waals surface area contributed by atoms with E-state index < -0.39 is 27.8 Å². The minimum Gasteiger partial charge on any atom is -0.473 e. The number of likely N-dealkylation sites (N-methyl/N-ethyl adjacent to an activating group) is 1. The Bertz CT molecular complexity index is 770. The molecule has 4 aliphatic rings. The highest BCUT2D eigenvalue weighted by Crippen LogP contribution is 2.59. The molecule has 138 valence electrons. The quantitative estimate of drug-likeness (QED) is 0.830. The van der Waals surface area contributed by atoms with E-state index in [0.717, 1.165) is 50.0 Å². The predicted octanol–water partition coefficient (Wildman–Crippen LogP) is 2.26. The number of ether oxygens (including phenoxy) is 1. The van der Waals surface area contributed by atoms with Crippen LogP contribution in [-0.2, 0) is 14.8 Å². The Morgan fingerprint density at radius 2 is 2.20 bits per heavy atom. The van der Waals surface area contributed by atoms with Gasteiger partial charge in [-0.3, -0.25) is 0 Å². The third kappa shape index (κ3) is 2.32. The smallest absolute Gasteiger partial charge is 0.216 e. The van der Waals surface area contributed by atoms with E-state index in [1.165, 1.54) is 16.9 Å². The lowest BCUT2D eigenvalue weighted by Crippen LogP contribution is -2.49. The van der Waals surface area contributed by atoms with Gasteiger partial charge in [0.2, 0.25) is 10.0 Å². The van der Waals surface area contributed by atoms with E-state index in [4.69, 9.17) is 4.74 Å². The van der Waals surface area contributed by atoms with Gasteiger partial charge in [-0.2, -0.15) is 4.31 Å². The Morgan fingerprint density at radius 3 is 2.96 bits per heavy atom. The van der Waals surface area contributed by atoms with Gasteiger partial charge in [0.1, 0.15) is 11.9 Å². The SMILES string of the molecule is CCS(=O)(=O)N(C)[C@@H]1OC2=C3CCC=CN3C=C3CCCCC32C1O. The summed E-state index contributed by atoms with van der Waals surface area (Å²) in [6, 6.07) is 0. The molecule has 4 rings (SSSR count). The molecule has 3 heterocycles. The zero-order valence-corrected chi connectivity index (χ0v) is 15.6. The number of hydrogen-bond donors (Lipinski definition) is 1. The number of aliphatic hydroxyl groups is 1. The topological polar surface area (TPSA) is 70.1 Å². The molecule has 7 heteroatoms. The largest absolute Gasteiger partial charge is 0.473 e. The van der Waals surface area contributed by atoms with Crippen LogP contribution in [0, 0.1) is 5.41 Å². The molecular formula is C18H26N2O4S. The van der Waals surface area contributed by atoms with Gasteiger partial charge in [0.15, 0.2) is 6.23 Å². The van der Waals surface area contributed by atoms with Crippen LogP contribution in [0.25, 0.3) is 0 Å². The monoisotopic (exact) mass is 366 g/mol. The highest BCUT2D eigenvalue weighted by Gasteiger charge is 2.61. The maximum absolute atomic E-state index is 12.4. The van der Waals surface area contributed by atoms with Crippen molar-refractivity contribution in [2.75, 3.05) is 12.8 Å². The van der Waals surface area contributed by atoms with Gasteiger partial charge in [-0.1, -0.05) is 12.5 Å². The van der Waals surface area contributed by atoms with Gasteiger partial charge in [0.05, 0.1) is 16.9 Å². The van der Waals surface area contributed by atoms with Gasteiger partial charge >= 0.3 is 0 Å². The number of sulfonamides is 1. The lowest BCUT2D eigenvalue weighted by Gasteiger charge is -2.44. The van der Waals surface area contributed by atoms with Crippen LogP contribution in [0.1, 0.15) is 45.4 Å². The molecule has 0 bridgehead atoms. The Kier molecular flexibility index (Phi) is 4.01. The van der Waals surface area contributed by atoms with Crippen molar-refractivity contribution in [2.24, 2.45) is 5.41 Å². The summed E-state index contributed by atoms with van der Waals surface area (Å²) in [6.45, 7) is 1.61. The minimum atomic E-state index is -3.45. The number of hydrogen-bond acceptors (Lipinski definition) is 5. The van der Waals surface area contributed by atoms with Crippen LogP contribution < -0.4 is 0 Å². The Morgan fingerprint density at radius 1 is 1.40 bits per heavy atom. The van der Waals surface area contributed by atoms with Crippen molar-refractivity contribution >= 4 is 10.0 Å². The Labute approximate surface area is 149 Å². The molecule has 1 saturated carbocycles. The van der Waals surface area contributed by atoms with Crippen molar-refractivity contribution in [3.63, 3.8) is 0 Å². The molecular weight excluding hydrogens is 340 g/mol. The molecule has 6 nitrogen and oxygen atoms in total. The van der Waals surface area contributed by atoms with Crippen molar-refractivity contribution in [3.05, 3.63) is 35.5 Å². The van der Waals surface area contributed by atoms with Crippen LogP contribution >= 0.6 is 0 Å². The number of allylic oxidation sites excluding steroid dienone is 2. The average Bonchev–Trinajstić information content (AvgIpc) is 2.92. The summed E-state index contributed by atoms with van der Waals surface area (Å²) >= 11 is 0. The molecule has 1 N–H and O–H groups in total.